The molecule has 0 amide bonds. The molecule has 0 unspecified atom stereocenters. The van der Waals surface area contributed by atoms with Gasteiger partial charge in [0.15, 0.2) is 0 Å². The van der Waals surface area contributed by atoms with E-state index < -0.39 is 0 Å². The Morgan fingerprint density at radius 3 is 1.35 bits per heavy atom. The molecule has 9 aromatic carbocycles. The highest BCUT2D eigenvalue weighted by molar-refractivity contribution is 6.17. The van der Waals surface area contributed by atoms with Crippen molar-refractivity contribution in [2.45, 2.75) is 0 Å². The van der Waals surface area contributed by atoms with E-state index >= 15 is 0 Å². The molecule has 3 heterocycles. The normalized spacial score (nSPS) is 11.9. The molecule has 0 N–H and O–H groups in total. The van der Waals surface area contributed by atoms with Crippen LogP contribution in [0.4, 0.5) is 0 Å². The van der Waals surface area contributed by atoms with Crippen molar-refractivity contribution in [1.29, 1.82) is 0 Å². The van der Waals surface area contributed by atoms with Crippen molar-refractivity contribution in [3.8, 4) is 39.3 Å². The number of hydrogen-bond acceptors (Lipinski definition) is 0. The van der Waals surface area contributed by atoms with Crippen molar-refractivity contribution >= 4 is 65.4 Å². The highest BCUT2D eigenvalue weighted by Crippen LogP contribution is 2.42. The van der Waals surface area contributed by atoms with Crippen molar-refractivity contribution in [2.24, 2.45) is 0 Å². The van der Waals surface area contributed by atoms with Gasteiger partial charge in [-0.15, -0.1) is 0 Å². The number of fused-ring (bicyclic) bond motifs is 9. The molecule has 0 fully saturated rings. The maximum atomic E-state index is 2.48. The largest absolute Gasteiger partial charge is 0.309 e. The lowest BCUT2D eigenvalue weighted by Crippen LogP contribution is -1.97. The topological polar surface area (TPSA) is 14.8 Å². The van der Waals surface area contributed by atoms with Gasteiger partial charge in [-0.1, -0.05) is 133 Å². The van der Waals surface area contributed by atoms with Gasteiger partial charge in [0.25, 0.3) is 0 Å². The molecule has 12 aromatic rings. The van der Waals surface area contributed by atoms with Crippen molar-refractivity contribution in [1.82, 2.24) is 13.7 Å². The summed E-state index contributed by atoms with van der Waals surface area (Å²) < 4.78 is 7.28. The summed E-state index contributed by atoms with van der Waals surface area (Å²) in [7, 11) is 0. The fraction of sp³-hybridized carbons (Fsp3) is 0. The highest BCUT2D eigenvalue weighted by Gasteiger charge is 2.20. The van der Waals surface area contributed by atoms with Gasteiger partial charge in [0.1, 0.15) is 0 Å². The zero-order valence-corrected chi connectivity index (χ0v) is 31.0. The van der Waals surface area contributed by atoms with Crippen LogP contribution < -0.4 is 0 Å². The minimum Gasteiger partial charge on any atom is -0.309 e. The first-order chi connectivity index (χ1) is 28.3. The van der Waals surface area contributed by atoms with Crippen LogP contribution in [-0.4, -0.2) is 13.7 Å². The monoisotopic (exact) mass is 725 g/mol. The molecular weight excluding hydrogens is 691 g/mol. The lowest BCUT2D eigenvalue weighted by Gasteiger charge is -2.12. The van der Waals surface area contributed by atoms with E-state index in [1.165, 1.54) is 99.0 Å². The third-order valence-corrected chi connectivity index (χ3v) is 11.8. The van der Waals surface area contributed by atoms with Gasteiger partial charge in [-0.25, -0.2) is 0 Å². The van der Waals surface area contributed by atoms with Crippen LogP contribution in [0.1, 0.15) is 0 Å². The maximum Gasteiger partial charge on any atom is 0.0562 e. The zero-order valence-electron chi connectivity index (χ0n) is 31.0. The number of aromatic nitrogens is 3. The first kappa shape index (κ1) is 31.7. The Balaban J connectivity index is 1.06. The van der Waals surface area contributed by atoms with E-state index in [0.717, 1.165) is 5.69 Å². The SMILES string of the molecule is c1ccc(-c2cccc(-n3c4ccccc4c4c(-n5c6ccccc6c6cc(-c7ccc8c(c7)c7ccccc7n8-c7ccccc7)ccc65)cccc43)c2)cc1. The van der Waals surface area contributed by atoms with Crippen molar-refractivity contribution in [3.63, 3.8) is 0 Å². The molecule has 0 saturated carbocycles. The summed E-state index contributed by atoms with van der Waals surface area (Å²) in [6.45, 7) is 0. The first-order valence-electron chi connectivity index (χ1n) is 19.6. The summed E-state index contributed by atoms with van der Waals surface area (Å²) >= 11 is 0. The number of benzene rings is 9. The van der Waals surface area contributed by atoms with Crippen LogP contribution in [0.3, 0.4) is 0 Å². The van der Waals surface area contributed by atoms with E-state index in [4.69, 9.17) is 0 Å². The molecule has 3 heteroatoms. The van der Waals surface area contributed by atoms with Gasteiger partial charge in [0.05, 0.1) is 38.8 Å². The fourth-order valence-corrected chi connectivity index (χ4v) is 9.34. The van der Waals surface area contributed by atoms with E-state index in [2.05, 4.69) is 226 Å². The van der Waals surface area contributed by atoms with E-state index in [1.807, 2.05) is 0 Å². The first-order valence-corrected chi connectivity index (χ1v) is 19.6. The minimum atomic E-state index is 1.15. The van der Waals surface area contributed by atoms with Crippen LogP contribution in [0.5, 0.6) is 0 Å². The van der Waals surface area contributed by atoms with Gasteiger partial charge in [-0.3, -0.25) is 0 Å². The lowest BCUT2D eigenvalue weighted by molar-refractivity contribution is 1.17. The van der Waals surface area contributed by atoms with Crippen molar-refractivity contribution < 1.29 is 0 Å². The van der Waals surface area contributed by atoms with Crippen molar-refractivity contribution in [2.75, 3.05) is 0 Å². The van der Waals surface area contributed by atoms with Gasteiger partial charge < -0.3 is 13.7 Å². The number of rotatable bonds is 5. The van der Waals surface area contributed by atoms with Gasteiger partial charge in [-0.05, 0) is 101 Å². The smallest absolute Gasteiger partial charge is 0.0562 e. The molecule has 0 atom stereocenters. The quantitative estimate of drug-likeness (QED) is 0.168. The summed E-state index contributed by atoms with van der Waals surface area (Å²) in [5, 5.41) is 7.48. The Morgan fingerprint density at radius 1 is 0.228 bits per heavy atom. The van der Waals surface area contributed by atoms with E-state index in [9.17, 15) is 0 Å². The molecular formula is C54H35N3. The standard InChI is InChI=1S/C54H35N3/c1-3-15-36(16-4-1)37-17-13-20-41(33-37)56-49-26-12-9-23-44(49)54-52(56)27-14-28-53(54)57-48-25-11-8-22-43(48)46-35-39(30-32-51(46)57)38-29-31-50-45(34-38)42-21-7-10-24-47(42)55(50)40-18-5-2-6-19-40/h1-35H. The average molecular weight is 726 g/mol. The van der Waals surface area contributed by atoms with Gasteiger partial charge >= 0.3 is 0 Å². The van der Waals surface area contributed by atoms with Crippen LogP contribution in [0.2, 0.25) is 0 Å². The molecule has 3 aromatic heterocycles. The average Bonchev–Trinajstić information content (AvgIpc) is 3.92. The molecule has 3 nitrogen and oxygen atoms in total. The predicted molar refractivity (Wildman–Crippen MR) is 240 cm³/mol. The van der Waals surface area contributed by atoms with E-state index in [1.54, 1.807) is 0 Å². The second kappa shape index (κ2) is 12.5. The van der Waals surface area contributed by atoms with E-state index in [-0.39, 0.29) is 0 Å². The van der Waals surface area contributed by atoms with Gasteiger partial charge in [0, 0.05) is 43.7 Å². The molecule has 12 rings (SSSR count). The molecule has 57 heavy (non-hydrogen) atoms. The van der Waals surface area contributed by atoms with Gasteiger partial charge in [-0.2, -0.15) is 0 Å². The Labute approximate surface area is 329 Å². The molecule has 0 aliphatic heterocycles. The summed E-state index contributed by atoms with van der Waals surface area (Å²) in [6.07, 6.45) is 0. The number of hydrogen-bond donors (Lipinski definition) is 0. The van der Waals surface area contributed by atoms with Crippen LogP contribution >= 0.6 is 0 Å². The fourth-order valence-electron chi connectivity index (χ4n) is 9.34. The van der Waals surface area contributed by atoms with Crippen LogP contribution in [-0.2, 0) is 0 Å². The second-order valence-electron chi connectivity index (χ2n) is 14.9. The highest BCUT2D eigenvalue weighted by atomic mass is 15.0. The van der Waals surface area contributed by atoms with Crippen molar-refractivity contribution in [3.05, 3.63) is 212 Å². The Morgan fingerprint density at radius 2 is 0.667 bits per heavy atom. The van der Waals surface area contributed by atoms with Crippen LogP contribution in [0.25, 0.3) is 105 Å². The Kier molecular flexibility index (Phi) is 6.93. The summed E-state index contributed by atoms with van der Waals surface area (Å²) in [5.74, 6) is 0. The maximum absolute atomic E-state index is 2.48. The molecule has 0 saturated heterocycles. The third-order valence-electron chi connectivity index (χ3n) is 11.8. The molecule has 0 spiro atoms. The Hall–Kier alpha value is -7.62. The van der Waals surface area contributed by atoms with Crippen LogP contribution in [0.15, 0.2) is 212 Å². The van der Waals surface area contributed by atoms with E-state index in [0.29, 0.717) is 0 Å². The zero-order chi connectivity index (χ0) is 37.5. The third kappa shape index (κ3) is 4.79. The molecule has 0 aliphatic rings. The predicted octanol–water partition coefficient (Wildman–Crippen LogP) is 14.3. The van der Waals surface area contributed by atoms with Gasteiger partial charge in [0.2, 0.25) is 0 Å². The lowest BCUT2D eigenvalue weighted by atomic mass is 10.0. The minimum absolute atomic E-state index is 1.15. The van der Waals surface area contributed by atoms with Crippen LogP contribution in [0, 0.1) is 0 Å². The summed E-state index contributed by atoms with van der Waals surface area (Å²) in [5.41, 5.74) is 15.5. The molecule has 0 aliphatic carbocycles. The summed E-state index contributed by atoms with van der Waals surface area (Å²) in [6, 6.07) is 77.4. The number of nitrogens with zero attached hydrogens (tertiary/aromatic N) is 3. The second-order valence-corrected chi connectivity index (χ2v) is 14.9. The molecule has 266 valence electrons. The Bertz CT molecular complexity index is 3510. The number of para-hydroxylation sites is 4. The summed E-state index contributed by atoms with van der Waals surface area (Å²) in [4.78, 5) is 0. The molecule has 0 radical (unpaired) electrons. The molecule has 0 bridgehead atoms.